The van der Waals surface area contributed by atoms with Gasteiger partial charge < -0.3 is 10.1 Å². The highest BCUT2D eigenvalue weighted by Crippen LogP contribution is 2.21. The standard InChI is InChI=1S/C12H20N2OS/c1-10(12-14-7-9-16-12)15-8-4-11-2-5-13-6-3-11/h7,9-11,13H,2-6,8H2,1H3. The van der Waals surface area contributed by atoms with Crippen molar-refractivity contribution in [1.29, 1.82) is 0 Å². The second-order valence-corrected chi connectivity index (χ2v) is 5.29. The fraction of sp³-hybridized carbons (Fsp3) is 0.750. The zero-order valence-electron chi connectivity index (χ0n) is 9.82. The number of rotatable bonds is 5. The van der Waals surface area contributed by atoms with Crippen molar-refractivity contribution < 1.29 is 4.74 Å². The van der Waals surface area contributed by atoms with Crippen LogP contribution in [0.4, 0.5) is 0 Å². The van der Waals surface area contributed by atoms with Crippen LogP contribution >= 0.6 is 11.3 Å². The van der Waals surface area contributed by atoms with E-state index in [1.807, 2.05) is 11.6 Å². The molecular weight excluding hydrogens is 220 g/mol. The van der Waals surface area contributed by atoms with Crippen molar-refractivity contribution in [3.05, 3.63) is 16.6 Å². The van der Waals surface area contributed by atoms with Crippen LogP contribution in [0, 0.1) is 5.92 Å². The van der Waals surface area contributed by atoms with Crippen molar-refractivity contribution in [3.8, 4) is 0 Å². The highest BCUT2D eigenvalue weighted by atomic mass is 32.1. The molecule has 1 atom stereocenters. The Labute approximate surface area is 101 Å². The molecule has 16 heavy (non-hydrogen) atoms. The van der Waals surface area contributed by atoms with Gasteiger partial charge in [-0.25, -0.2) is 4.98 Å². The van der Waals surface area contributed by atoms with Crippen molar-refractivity contribution in [1.82, 2.24) is 10.3 Å². The Balaban J connectivity index is 1.63. The van der Waals surface area contributed by atoms with Crippen LogP contribution in [0.25, 0.3) is 0 Å². The summed E-state index contributed by atoms with van der Waals surface area (Å²) in [6, 6.07) is 0. The maximum absolute atomic E-state index is 5.82. The lowest BCUT2D eigenvalue weighted by atomic mass is 9.95. The third kappa shape index (κ3) is 3.54. The monoisotopic (exact) mass is 240 g/mol. The molecule has 0 aromatic carbocycles. The van der Waals surface area contributed by atoms with Crippen LogP contribution in [-0.4, -0.2) is 24.7 Å². The summed E-state index contributed by atoms with van der Waals surface area (Å²) in [4.78, 5) is 4.27. The Kier molecular flexibility index (Phi) is 4.75. The number of ether oxygens (including phenoxy) is 1. The molecule has 2 heterocycles. The molecular formula is C12H20N2OS. The number of piperidine rings is 1. The summed E-state index contributed by atoms with van der Waals surface area (Å²) in [5.74, 6) is 0.852. The molecule has 0 radical (unpaired) electrons. The molecule has 1 aliphatic heterocycles. The molecule has 1 aromatic rings. The van der Waals surface area contributed by atoms with Crippen LogP contribution in [0.5, 0.6) is 0 Å². The van der Waals surface area contributed by atoms with E-state index >= 15 is 0 Å². The van der Waals surface area contributed by atoms with Crippen molar-refractivity contribution in [2.45, 2.75) is 32.3 Å². The smallest absolute Gasteiger partial charge is 0.121 e. The molecule has 4 heteroatoms. The molecule has 0 aliphatic carbocycles. The SMILES string of the molecule is CC(OCCC1CCNCC1)c1nccs1. The minimum atomic E-state index is 0.154. The van der Waals surface area contributed by atoms with E-state index in [9.17, 15) is 0 Å². The quantitative estimate of drug-likeness (QED) is 0.859. The molecule has 3 nitrogen and oxygen atoms in total. The largest absolute Gasteiger partial charge is 0.371 e. The molecule has 1 fully saturated rings. The Morgan fingerprint density at radius 2 is 2.38 bits per heavy atom. The van der Waals surface area contributed by atoms with Crippen molar-refractivity contribution in [2.75, 3.05) is 19.7 Å². The highest BCUT2D eigenvalue weighted by Gasteiger charge is 2.14. The molecule has 90 valence electrons. The van der Waals surface area contributed by atoms with Gasteiger partial charge in [0, 0.05) is 18.2 Å². The summed E-state index contributed by atoms with van der Waals surface area (Å²) in [5, 5.41) is 6.48. The van der Waals surface area contributed by atoms with E-state index in [-0.39, 0.29) is 6.10 Å². The van der Waals surface area contributed by atoms with Crippen LogP contribution in [0.1, 0.15) is 37.3 Å². The third-order valence-corrected chi connectivity index (χ3v) is 4.09. The zero-order valence-corrected chi connectivity index (χ0v) is 10.6. The summed E-state index contributed by atoms with van der Waals surface area (Å²) in [6.07, 6.45) is 5.79. The number of aromatic nitrogens is 1. The van der Waals surface area contributed by atoms with E-state index in [0.717, 1.165) is 17.5 Å². The van der Waals surface area contributed by atoms with E-state index < -0.39 is 0 Å². The van der Waals surface area contributed by atoms with Crippen LogP contribution in [0.3, 0.4) is 0 Å². The van der Waals surface area contributed by atoms with Crippen molar-refractivity contribution >= 4 is 11.3 Å². The molecule has 1 saturated heterocycles. The average molecular weight is 240 g/mol. The fourth-order valence-corrected chi connectivity index (χ4v) is 2.73. The van der Waals surface area contributed by atoms with Gasteiger partial charge in [-0.05, 0) is 45.2 Å². The van der Waals surface area contributed by atoms with E-state index in [2.05, 4.69) is 17.2 Å². The van der Waals surface area contributed by atoms with Gasteiger partial charge >= 0.3 is 0 Å². The normalized spacial score (nSPS) is 19.8. The lowest BCUT2D eigenvalue weighted by Gasteiger charge is -2.22. The predicted molar refractivity (Wildman–Crippen MR) is 66.7 cm³/mol. The average Bonchev–Trinajstić information content (AvgIpc) is 2.84. The number of thiazole rings is 1. The Morgan fingerprint density at radius 3 is 3.06 bits per heavy atom. The van der Waals surface area contributed by atoms with Crippen LogP contribution in [-0.2, 0) is 4.74 Å². The highest BCUT2D eigenvalue weighted by molar-refractivity contribution is 7.09. The first kappa shape index (κ1) is 12.0. The van der Waals surface area contributed by atoms with Gasteiger partial charge in [0.1, 0.15) is 11.1 Å². The molecule has 0 spiro atoms. The van der Waals surface area contributed by atoms with Gasteiger partial charge in [-0.3, -0.25) is 0 Å². The van der Waals surface area contributed by atoms with E-state index in [4.69, 9.17) is 4.74 Å². The molecule has 0 saturated carbocycles. The number of hydrogen-bond donors (Lipinski definition) is 1. The van der Waals surface area contributed by atoms with Gasteiger partial charge in [-0.2, -0.15) is 0 Å². The van der Waals surface area contributed by atoms with Crippen LogP contribution < -0.4 is 5.32 Å². The lowest BCUT2D eigenvalue weighted by molar-refractivity contribution is 0.0532. The van der Waals surface area contributed by atoms with Gasteiger partial charge in [-0.15, -0.1) is 11.3 Å². The van der Waals surface area contributed by atoms with E-state index in [0.29, 0.717) is 0 Å². The third-order valence-electron chi connectivity index (χ3n) is 3.15. The fourth-order valence-electron chi connectivity index (χ4n) is 2.09. The minimum absolute atomic E-state index is 0.154. The summed E-state index contributed by atoms with van der Waals surface area (Å²) in [5.41, 5.74) is 0. The predicted octanol–water partition coefficient (Wildman–Crippen LogP) is 2.61. The molecule has 0 bridgehead atoms. The minimum Gasteiger partial charge on any atom is -0.371 e. The first-order chi connectivity index (χ1) is 7.86. The molecule has 1 aromatic heterocycles. The van der Waals surface area contributed by atoms with E-state index in [1.165, 1.54) is 32.4 Å². The lowest BCUT2D eigenvalue weighted by Crippen LogP contribution is -2.28. The summed E-state index contributed by atoms with van der Waals surface area (Å²) >= 11 is 1.67. The molecule has 0 amide bonds. The van der Waals surface area contributed by atoms with Gasteiger partial charge in [0.05, 0.1) is 0 Å². The van der Waals surface area contributed by atoms with Crippen molar-refractivity contribution in [3.63, 3.8) is 0 Å². The first-order valence-electron chi connectivity index (χ1n) is 6.08. The topological polar surface area (TPSA) is 34.1 Å². The number of nitrogens with one attached hydrogen (secondary N) is 1. The van der Waals surface area contributed by atoms with Gasteiger partial charge in [0.2, 0.25) is 0 Å². The molecule has 1 unspecified atom stereocenters. The van der Waals surface area contributed by atoms with Gasteiger partial charge in [0.15, 0.2) is 0 Å². The maximum atomic E-state index is 5.82. The van der Waals surface area contributed by atoms with Gasteiger partial charge in [0.25, 0.3) is 0 Å². The molecule has 1 N–H and O–H groups in total. The van der Waals surface area contributed by atoms with Crippen LogP contribution in [0.15, 0.2) is 11.6 Å². The molecule has 2 rings (SSSR count). The van der Waals surface area contributed by atoms with Gasteiger partial charge in [-0.1, -0.05) is 0 Å². The van der Waals surface area contributed by atoms with Crippen LogP contribution in [0.2, 0.25) is 0 Å². The Morgan fingerprint density at radius 1 is 1.56 bits per heavy atom. The second-order valence-electron chi connectivity index (χ2n) is 4.37. The molecule has 1 aliphatic rings. The van der Waals surface area contributed by atoms with E-state index in [1.54, 1.807) is 11.3 Å². The summed E-state index contributed by atoms with van der Waals surface area (Å²) in [7, 11) is 0. The Hall–Kier alpha value is -0.450. The first-order valence-corrected chi connectivity index (χ1v) is 6.96. The summed E-state index contributed by atoms with van der Waals surface area (Å²) < 4.78 is 5.82. The summed E-state index contributed by atoms with van der Waals surface area (Å²) in [6.45, 7) is 5.30. The zero-order chi connectivity index (χ0) is 11.2. The van der Waals surface area contributed by atoms with Crippen molar-refractivity contribution in [2.24, 2.45) is 5.92 Å². The Bertz CT molecular complexity index is 283. The number of nitrogens with zero attached hydrogens (tertiary/aromatic N) is 1. The second kappa shape index (κ2) is 6.33. The maximum Gasteiger partial charge on any atom is 0.121 e. The number of hydrogen-bond acceptors (Lipinski definition) is 4.